The summed E-state index contributed by atoms with van der Waals surface area (Å²) in [5.74, 6) is 0. The predicted octanol–water partition coefficient (Wildman–Crippen LogP) is 4.21. The Morgan fingerprint density at radius 2 is 1.36 bits per heavy atom. The van der Waals surface area contributed by atoms with E-state index in [-0.39, 0.29) is 6.61 Å². The van der Waals surface area contributed by atoms with Gasteiger partial charge in [-0.3, -0.25) is 0 Å². The third-order valence-corrected chi connectivity index (χ3v) is 5.97. The fraction of sp³-hybridized carbons (Fsp3) is 0.174. The molecule has 28 heavy (non-hydrogen) atoms. The molecule has 1 amide bonds. The minimum atomic E-state index is -0.472. The molecule has 3 rings (SSSR count). The molecule has 0 aromatic heterocycles. The molecule has 3 aromatic rings. The number of ether oxygens (including phenoxy) is 1. The van der Waals surface area contributed by atoms with E-state index in [1.807, 2.05) is 78.9 Å². The molecule has 0 spiro atoms. The number of carbonyl (C=O) groups excluding carboxylic acids is 1. The van der Waals surface area contributed by atoms with Crippen molar-refractivity contribution in [3.63, 3.8) is 0 Å². The summed E-state index contributed by atoms with van der Waals surface area (Å²) in [6.45, 7) is 1.05. The van der Waals surface area contributed by atoms with E-state index in [1.165, 1.54) is 9.53 Å². The second kappa shape index (κ2) is 11.3. The van der Waals surface area contributed by atoms with E-state index in [2.05, 4.69) is 12.1 Å². The standard InChI is InChI=1S/C23H23NO3Se/c25-23(26-19-21-12-6-2-7-13-21)24(18-20-10-4-1-5-11-20)27-16-17-28-22-14-8-3-9-15-22/h1-15H,16-19H2. The van der Waals surface area contributed by atoms with Crippen LogP contribution in [0.2, 0.25) is 5.32 Å². The van der Waals surface area contributed by atoms with Gasteiger partial charge in [-0.25, -0.2) is 0 Å². The molecule has 0 aliphatic carbocycles. The van der Waals surface area contributed by atoms with Gasteiger partial charge in [-0.2, -0.15) is 0 Å². The zero-order chi connectivity index (χ0) is 19.4. The van der Waals surface area contributed by atoms with E-state index in [9.17, 15) is 4.79 Å². The first-order valence-corrected chi connectivity index (χ1v) is 11.2. The topological polar surface area (TPSA) is 38.8 Å². The number of rotatable bonds is 9. The molecule has 144 valence electrons. The number of carbonyl (C=O) groups is 1. The molecule has 0 atom stereocenters. The fourth-order valence-corrected chi connectivity index (χ4v) is 4.09. The third kappa shape index (κ3) is 6.86. The summed E-state index contributed by atoms with van der Waals surface area (Å²) in [6, 6.07) is 29.8. The van der Waals surface area contributed by atoms with E-state index in [4.69, 9.17) is 9.57 Å². The Labute approximate surface area is 172 Å². The van der Waals surface area contributed by atoms with Gasteiger partial charge in [0, 0.05) is 0 Å². The molecule has 0 unspecified atom stereocenters. The molecule has 4 nitrogen and oxygen atoms in total. The second-order valence-electron chi connectivity index (χ2n) is 6.06. The molecule has 0 aliphatic rings. The van der Waals surface area contributed by atoms with Gasteiger partial charge in [0.2, 0.25) is 0 Å². The van der Waals surface area contributed by atoms with Crippen LogP contribution in [0.15, 0.2) is 91.0 Å². The quantitative estimate of drug-likeness (QED) is 0.284. The van der Waals surface area contributed by atoms with Crippen LogP contribution >= 0.6 is 0 Å². The molecule has 0 radical (unpaired) electrons. The Balaban J connectivity index is 1.53. The van der Waals surface area contributed by atoms with Crippen LogP contribution < -0.4 is 4.46 Å². The average Bonchev–Trinajstić information content (AvgIpc) is 2.76. The Morgan fingerprint density at radius 3 is 2.00 bits per heavy atom. The van der Waals surface area contributed by atoms with Crippen LogP contribution in [0.3, 0.4) is 0 Å². The molecule has 0 heterocycles. The predicted molar refractivity (Wildman–Crippen MR) is 111 cm³/mol. The SMILES string of the molecule is O=C(OCc1ccccc1)N(Cc1ccccc1)OCC[Se]c1ccccc1. The van der Waals surface area contributed by atoms with Crippen molar-refractivity contribution in [2.45, 2.75) is 18.5 Å². The van der Waals surface area contributed by atoms with Gasteiger partial charge in [-0.1, -0.05) is 0 Å². The minimum absolute atomic E-state index is 0.224. The van der Waals surface area contributed by atoms with Crippen molar-refractivity contribution in [1.82, 2.24) is 5.06 Å². The van der Waals surface area contributed by atoms with Gasteiger partial charge in [0.25, 0.3) is 0 Å². The molecule has 0 fully saturated rings. The zero-order valence-corrected chi connectivity index (χ0v) is 17.3. The molecule has 5 heteroatoms. The van der Waals surface area contributed by atoms with Gasteiger partial charge < -0.3 is 0 Å². The van der Waals surface area contributed by atoms with Crippen LogP contribution in [0.25, 0.3) is 0 Å². The number of benzene rings is 3. The molecule has 0 aliphatic heterocycles. The molecule has 3 aromatic carbocycles. The Bertz CT molecular complexity index is 828. The van der Waals surface area contributed by atoms with Crippen LogP contribution in [0, 0.1) is 0 Å². The van der Waals surface area contributed by atoms with Crippen LogP contribution in [0.4, 0.5) is 4.79 Å². The molecule has 0 saturated carbocycles. The van der Waals surface area contributed by atoms with E-state index < -0.39 is 6.09 Å². The van der Waals surface area contributed by atoms with Gasteiger partial charge in [-0.15, -0.1) is 0 Å². The van der Waals surface area contributed by atoms with Gasteiger partial charge in [0.05, 0.1) is 0 Å². The van der Waals surface area contributed by atoms with Crippen molar-refractivity contribution in [1.29, 1.82) is 0 Å². The van der Waals surface area contributed by atoms with Crippen molar-refractivity contribution < 1.29 is 14.4 Å². The summed E-state index contributed by atoms with van der Waals surface area (Å²) in [5.41, 5.74) is 1.94. The van der Waals surface area contributed by atoms with Crippen molar-refractivity contribution in [2.75, 3.05) is 6.61 Å². The maximum absolute atomic E-state index is 12.6. The number of hydrogen-bond donors (Lipinski definition) is 0. The van der Waals surface area contributed by atoms with Gasteiger partial charge in [-0.05, 0) is 0 Å². The normalized spacial score (nSPS) is 10.4. The number of hydrogen-bond acceptors (Lipinski definition) is 3. The maximum atomic E-state index is 12.6. The van der Waals surface area contributed by atoms with Crippen LogP contribution in [0.5, 0.6) is 0 Å². The number of hydroxylamine groups is 2. The molecular weight excluding hydrogens is 417 g/mol. The van der Waals surface area contributed by atoms with E-state index in [0.29, 0.717) is 28.1 Å². The molecule has 0 N–H and O–H groups in total. The molecule has 0 bridgehead atoms. The Morgan fingerprint density at radius 1 is 0.786 bits per heavy atom. The van der Waals surface area contributed by atoms with Gasteiger partial charge in [0.15, 0.2) is 0 Å². The van der Waals surface area contributed by atoms with E-state index in [1.54, 1.807) is 0 Å². The van der Waals surface area contributed by atoms with Crippen molar-refractivity contribution >= 4 is 25.5 Å². The average molecular weight is 440 g/mol. The monoisotopic (exact) mass is 441 g/mol. The molecule has 0 saturated heterocycles. The first-order chi connectivity index (χ1) is 13.8. The number of amides is 1. The summed E-state index contributed by atoms with van der Waals surface area (Å²) in [5, 5.41) is 2.20. The van der Waals surface area contributed by atoms with E-state index >= 15 is 0 Å². The van der Waals surface area contributed by atoms with Crippen LogP contribution in [0.1, 0.15) is 11.1 Å². The summed E-state index contributed by atoms with van der Waals surface area (Å²) in [6.07, 6.45) is -0.472. The third-order valence-electron chi connectivity index (χ3n) is 3.92. The van der Waals surface area contributed by atoms with E-state index in [0.717, 1.165) is 16.4 Å². The van der Waals surface area contributed by atoms with Gasteiger partial charge >= 0.3 is 172 Å². The second-order valence-corrected chi connectivity index (χ2v) is 8.51. The number of nitrogens with zero attached hydrogens (tertiary/aromatic N) is 1. The molecular formula is C23H23NO3Se. The first kappa shape index (κ1) is 20.2. The van der Waals surface area contributed by atoms with Crippen LogP contribution in [-0.2, 0) is 22.7 Å². The van der Waals surface area contributed by atoms with Gasteiger partial charge in [0.1, 0.15) is 0 Å². The Hall–Kier alpha value is -2.59. The van der Waals surface area contributed by atoms with Crippen LogP contribution in [-0.4, -0.2) is 32.7 Å². The van der Waals surface area contributed by atoms with Crippen molar-refractivity contribution in [3.05, 3.63) is 102 Å². The zero-order valence-electron chi connectivity index (χ0n) is 15.6. The summed E-state index contributed by atoms with van der Waals surface area (Å²) >= 11 is 0.313. The fourth-order valence-electron chi connectivity index (χ4n) is 2.53. The summed E-state index contributed by atoms with van der Waals surface area (Å²) in [7, 11) is 0. The summed E-state index contributed by atoms with van der Waals surface area (Å²) < 4.78 is 6.76. The van der Waals surface area contributed by atoms with Crippen molar-refractivity contribution in [2.24, 2.45) is 0 Å². The first-order valence-electron chi connectivity index (χ1n) is 9.14. The Kier molecular flexibility index (Phi) is 8.13. The van der Waals surface area contributed by atoms with Crippen molar-refractivity contribution in [3.8, 4) is 0 Å². The summed E-state index contributed by atoms with van der Waals surface area (Å²) in [4.78, 5) is 18.4.